The van der Waals surface area contributed by atoms with Gasteiger partial charge in [-0.1, -0.05) is 0 Å². The second kappa shape index (κ2) is 4.84. The Kier molecular flexibility index (Phi) is 3.24. The summed E-state index contributed by atoms with van der Waals surface area (Å²) in [5.74, 6) is -1.87. The number of carbonyl (C=O) groups is 2. The van der Waals surface area contributed by atoms with Gasteiger partial charge in [0.25, 0.3) is 5.91 Å². The molecule has 0 saturated carbocycles. The number of nitrogens with one attached hydrogen (secondary N) is 1. The number of thiophene rings is 1. The predicted molar refractivity (Wildman–Crippen MR) is 61.2 cm³/mol. The number of carbonyl (C=O) groups excluding carboxylic acids is 1. The maximum absolute atomic E-state index is 11.6. The molecule has 0 saturated heterocycles. The second-order valence-corrected chi connectivity index (χ2v) is 4.06. The van der Waals surface area contributed by atoms with Crippen molar-refractivity contribution in [3.8, 4) is 0 Å². The molecule has 1 amide bonds. The van der Waals surface area contributed by atoms with Crippen LogP contribution in [0.1, 0.15) is 26.7 Å². The number of carboxylic acid groups (broad SMARTS) is 1. The Hall–Kier alpha value is -2.08. The van der Waals surface area contributed by atoms with Crippen molar-refractivity contribution in [3.63, 3.8) is 0 Å². The minimum Gasteiger partial charge on any atom is -0.475 e. The monoisotopic (exact) mass is 251 g/mol. The molecule has 0 bridgehead atoms. The van der Waals surface area contributed by atoms with Gasteiger partial charge in [0.2, 0.25) is 5.76 Å². The summed E-state index contributed by atoms with van der Waals surface area (Å²) >= 11 is 1.54. The van der Waals surface area contributed by atoms with Crippen molar-refractivity contribution in [1.82, 2.24) is 5.32 Å². The quantitative estimate of drug-likeness (QED) is 0.870. The molecule has 0 radical (unpaired) electrons. The zero-order valence-electron chi connectivity index (χ0n) is 8.67. The third-order valence-electron chi connectivity index (χ3n) is 2.07. The summed E-state index contributed by atoms with van der Waals surface area (Å²) in [4.78, 5) is 22.1. The maximum atomic E-state index is 11.6. The van der Waals surface area contributed by atoms with Crippen LogP contribution in [0, 0.1) is 0 Å². The average molecular weight is 251 g/mol. The van der Waals surface area contributed by atoms with Crippen LogP contribution in [0.3, 0.4) is 0 Å². The summed E-state index contributed by atoms with van der Waals surface area (Å²) in [5.41, 5.74) is 0.994. The molecule has 88 valence electrons. The molecular weight excluding hydrogens is 242 g/mol. The molecule has 0 aliphatic heterocycles. The predicted octanol–water partition coefficient (Wildman–Crippen LogP) is 1.97. The van der Waals surface area contributed by atoms with Gasteiger partial charge in [-0.25, -0.2) is 4.79 Å². The van der Waals surface area contributed by atoms with E-state index in [2.05, 4.69) is 5.32 Å². The summed E-state index contributed by atoms with van der Waals surface area (Å²) in [6.07, 6.45) is 0. The number of hydrogen-bond acceptors (Lipinski definition) is 4. The van der Waals surface area contributed by atoms with Gasteiger partial charge in [0.1, 0.15) is 0 Å². The highest BCUT2D eigenvalue weighted by molar-refractivity contribution is 7.07. The van der Waals surface area contributed by atoms with Crippen LogP contribution in [-0.2, 0) is 6.54 Å². The SMILES string of the molecule is O=C(O)c1ccc(C(=O)NCc2ccsc2)o1. The lowest BCUT2D eigenvalue weighted by molar-refractivity contribution is 0.0659. The Labute approximate surface area is 101 Å². The van der Waals surface area contributed by atoms with E-state index in [9.17, 15) is 9.59 Å². The molecule has 2 aromatic rings. The van der Waals surface area contributed by atoms with Crippen LogP contribution in [0.4, 0.5) is 0 Å². The van der Waals surface area contributed by atoms with Gasteiger partial charge in [0.05, 0.1) is 0 Å². The molecule has 0 spiro atoms. The third kappa shape index (κ3) is 2.73. The van der Waals surface area contributed by atoms with Gasteiger partial charge >= 0.3 is 5.97 Å². The Morgan fingerprint density at radius 1 is 1.29 bits per heavy atom. The highest BCUT2D eigenvalue weighted by Crippen LogP contribution is 2.09. The Bertz CT molecular complexity index is 529. The van der Waals surface area contributed by atoms with Gasteiger partial charge in [-0.2, -0.15) is 11.3 Å². The summed E-state index contributed by atoms with van der Waals surface area (Å²) in [6, 6.07) is 4.49. The van der Waals surface area contributed by atoms with E-state index in [-0.39, 0.29) is 11.5 Å². The van der Waals surface area contributed by atoms with E-state index in [1.54, 1.807) is 11.3 Å². The van der Waals surface area contributed by atoms with Gasteiger partial charge in [0, 0.05) is 6.54 Å². The molecule has 0 atom stereocenters. The zero-order valence-corrected chi connectivity index (χ0v) is 9.49. The van der Waals surface area contributed by atoms with Gasteiger partial charge in [-0.3, -0.25) is 4.79 Å². The van der Waals surface area contributed by atoms with Crippen molar-refractivity contribution < 1.29 is 19.1 Å². The lowest BCUT2D eigenvalue weighted by atomic mass is 10.3. The first-order valence-electron chi connectivity index (χ1n) is 4.79. The fourth-order valence-corrected chi connectivity index (χ4v) is 1.91. The lowest BCUT2D eigenvalue weighted by Crippen LogP contribution is -2.21. The van der Waals surface area contributed by atoms with Crippen molar-refractivity contribution in [2.75, 3.05) is 0 Å². The molecule has 5 nitrogen and oxygen atoms in total. The number of furan rings is 1. The maximum Gasteiger partial charge on any atom is 0.371 e. The molecule has 2 aromatic heterocycles. The van der Waals surface area contributed by atoms with E-state index in [0.717, 1.165) is 5.56 Å². The average Bonchev–Trinajstić information content (AvgIpc) is 2.96. The molecule has 0 unspecified atom stereocenters. The fourth-order valence-electron chi connectivity index (χ4n) is 1.24. The Morgan fingerprint density at radius 3 is 2.65 bits per heavy atom. The first-order chi connectivity index (χ1) is 8.16. The van der Waals surface area contributed by atoms with Crippen LogP contribution < -0.4 is 5.32 Å². The van der Waals surface area contributed by atoms with E-state index < -0.39 is 11.9 Å². The molecule has 0 fully saturated rings. The largest absolute Gasteiger partial charge is 0.475 e. The first-order valence-corrected chi connectivity index (χ1v) is 5.73. The summed E-state index contributed by atoms with van der Waals surface area (Å²) < 4.78 is 4.87. The Balaban J connectivity index is 1.97. The molecular formula is C11H9NO4S. The molecule has 0 aliphatic rings. The number of amides is 1. The molecule has 2 rings (SSSR count). The summed E-state index contributed by atoms with van der Waals surface area (Å²) in [5, 5.41) is 15.1. The van der Waals surface area contributed by atoms with Crippen molar-refractivity contribution in [3.05, 3.63) is 46.0 Å². The van der Waals surface area contributed by atoms with Crippen LogP contribution >= 0.6 is 11.3 Å². The topological polar surface area (TPSA) is 79.5 Å². The smallest absolute Gasteiger partial charge is 0.371 e. The molecule has 2 heterocycles. The van der Waals surface area contributed by atoms with Crippen LogP contribution in [0.15, 0.2) is 33.4 Å². The van der Waals surface area contributed by atoms with Gasteiger partial charge in [-0.05, 0) is 34.5 Å². The standard InChI is InChI=1S/C11H9NO4S/c13-10(12-5-7-3-4-17-6-7)8-1-2-9(16-8)11(14)15/h1-4,6H,5H2,(H,12,13)(H,14,15). The minimum atomic E-state index is -1.19. The number of rotatable bonds is 4. The van der Waals surface area contributed by atoms with Crippen molar-refractivity contribution in [2.45, 2.75) is 6.54 Å². The van der Waals surface area contributed by atoms with Crippen LogP contribution in [0.5, 0.6) is 0 Å². The second-order valence-electron chi connectivity index (χ2n) is 3.28. The van der Waals surface area contributed by atoms with Gasteiger partial charge in [0.15, 0.2) is 5.76 Å². The van der Waals surface area contributed by atoms with E-state index in [1.807, 2.05) is 16.8 Å². The van der Waals surface area contributed by atoms with Crippen molar-refractivity contribution >= 4 is 23.2 Å². The van der Waals surface area contributed by atoms with E-state index in [1.165, 1.54) is 12.1 Å². The minimum absolute atomic E-state index is 0.00219. The van der Waals surface area contributed by atoms with Crippen molar-refractivity contribution in [1.29, 1.82) is 0 Å². The summed E-state index contributed by atoms with van der Waals surface area (Å²) in [7, 11) is 0. The highest BCUT2D eigenvalue weighted by atomic mass is 32.1. The number of hydrogen-bond donors (Lipinski definition) is 2. The van der Waals surface area contributed by atoms with Crippen molar-refractivity contribution in [2.24, 2.45) is 0 Å². The lowest BCUT2D eigenvalue weighted by Gasteiger charge is -2.00. The van der Waals surface area contributed by atoms with Crippen LogP contribution in [0.2, 0.25) is 0 Å². The molecule has 0 aliphatic carbocycles. The Morgan fingerprint density at radius 2 is 2.06 bits per heavy atom. The third-order valence-corrected chi connectivity index (χ3v) is 2.81. The molecule has 17 heavy (non-hydrogen) atoms. The van der Waals surface area contributed by atoms with E-state index in [4.69, 9.17) is 9.52 Å². The highest BCUT2D eigenvalue weighted by Gasteiger charge is 2.14. The van der Waals surface area contributed by atoms with Gasteiger partial charge < -0.3 is 14.8 Å². The zero-order chi connectivity index (χ0) is 12.3. The van der Waals surface area contributed by atoms with E-state index in [0.29, 0.717) is 6.54 Å². The molecule has 2 N–H and O–H groups in total. The first kappa shape index (κ1) is 11.4. The molecule has 0 aromatic carbocycles. The van der Waals surface area contributed by atoms with Gasteiger partial charge in [-0.15, -0.1) is 0 Å². The molecule has 6 heteroatoms. The fraction of sp³-hybridized carbons (Fsp3) is 0.0909. The summed E-state index contributed by atoms with van der Waals surface area (Å²) in [6.45, 7) is 0.394. The normalized spacial score (nSPS) is 10.1. The van der Waals surface area contributed by atoms with E-state index >= 15 is 0 Å². The van der Waals surface area contributed by atoms with Crippen LogP contribution in [-0.4, -0.2) is 17.0 Å². The van der Waals surface area contributed by atoms with Crippen LogP contribution in [0.25, 0.3) is 0 Å². The number of carboxylic acids is 1. The number of aromatic carboxylic acids is 1.